The molecule has 0 aliphatic heterocycles. The van der Waals surface area contributed by atoms with Crippen LogP contribution in [-0.2, 0) is 16.6 Å². The maximum Gasteiger partial charge on any atom is 0.307 e. The van der Waals surface area contributed by atoms with E-state index in [1.54, 1.807) is 6.26 Å². The highest BCUT2D eigenvalue weighted by Gasteiger charge is 2.20. The summed E-state index contributed by atoms with van der Waals surface area (Å²) in [6.07, 6.45) is 1.68. The minimum absolute atomic E-state index is 0.0395. The Kier molecular flexibility index (Phi) is 3.72. The minimum atomic E-state index is -0.852. The summed E-state index contributed by atoms with van der Waals surface area (Å²) < 4.78 is 5.74. The molecular weight excluding hydrogens is 288 g/mol. The van der Waals surface area contributed by atoms with E-state index in [4.69, 9.17) is 4.42 Å². The van der Waals surface area contributed by atoms with Gasteiger partial charge in [0, 0.05) is 16.5 Å². The summed E-state index contributed by atoms with van der Waals surface area (Å²) in [5.41, 5.74) is 4.50. The molecule has 0 spiro atoms. The number of carboxylic acid groups (broad SMARTS) is 1. The first kappa shape index (κ1) is 15.3. The second kappa shape index (κ2) is 5.58. The Labute approximate surface area is 135 Å². The summed E-state index contributed by atoms with van der Waals surface area (Å²) in [6.45, 7) is 6.38. The van der Waals surface area contributed by atoms with Gasteiger partial charge in [0.1, 0.15) is 5.58 Å². The van der Waals surface area contributed by atoms with Crippen molar-refractivity contribution in [2.24, 2.45) is 0 Å². The van der Waals surface area contributed by atoms with Crippen LogP contribution in [-0.4, -0.2) is 11.1 Å². The van der Waals surface area contributed by atoms with Gasteiger partial charge in [-0.25, -0.2) is 0 Å². The molecule has 1 aromatic heterocycles. The van der Waals surface area contributed by atoms with Crippen molar-refractivity contribution in [2.75, 3.05) is 0 Å². The first-order valence-corrected chi connectivity index (χ1v) is 7.68. The maximum atomic E-state index is 11.2. The molecule has 3 nitrogen and oxygen atoms in total. The van der Waals surface area contributed by atoms with Crippen molar-refractivity contribution in [3.05, 3.63) is 59.9 Å². The normalized spacial score (nSPS) is 11.8. The van der Waals surface area contributed by atoms with Gasteiger partial charge in [-0.05, 0) is 22.6 Å². The Balaban J connectivity index is 2.28. The summed E-state index contributed by atoms with van der Waals surface area (Å²) in [4.78, 5) is 11.2. The monoisotopic (exact) mass is 308 g/mol. The number of carboxylic acids is 1. The molecule has 3 rings (SSSR count). The molecule has 0 unspecified atom stereocenters. The number of carbonyl (C=O) groups is 1. The summed E-state index contributed by atoms with van der Waals surface area (Å²) >= 11 is 0. The molecule has 3 aromatic rings. The van der Waals surface area contributed by atoms with Gasteiger partial charge < -0.3 is 9.52 Å². The molecule has 0 saturated carbocycles. The highest BCUT2D eigenvalue weighted by molar-refractivity contribution is 5.97. The third kappa shape index (κ3) is 3.00. The van der Waals surface area contributed by atoms with Crippen molar-refractivity contribution in [1.82, 2.24) is 0 Å². The van der Waals surface area contributed by atoms with Gasteiger partial charge >= 0.3 is 5.97 Å². The molecule has 118 valence electrons. The number of hydrogen-bond acceptors (Lipinski definition) is 2. The third-order valence-corrected chi connectivity index (χ3v) is 4.04. The molecule has 0 bridgehead atoms. The maximum absolute atomic E-state index is 11.2. The van der Waals surface area contributed by atoms with E-state index < -0.39 is 5.97 Å². The number of furan rings is 1. The smallest absolute Gasteiger partial charge is 0.307 e. The summed E-state index contributed by atoms with van der Waals surface area (Å²) in [5, 5.41) is 10.2. The summed E-state index contributed by atoms with van der Waals surface area (Å²) in [5.74, 6) is -0.852. The molecule has 0 radical (unpaired) electrons. The Hall–Kier alpha value is -2.55. The van der Waals surface area contributed by atoms with Crippen molar-refractivity contribution in [3.63, 3.8) is 0 Å². The van der Waals surface area contributed by atoms with Gasteiger partial charge in [0.05, 0.1) is 12.7 Å². The van der Waals surface area contributed by atoms with E-state index >= 15 is 0 Å². The molecule has 1 heterocycles. The van der Waals surface area contributed by atoms with Gasteiger partial charge in [-0.2, -0.15) is 0 Å². The summed E-state index contributed by atoms with van der Waals surface area (Å²) in [6, 6.07) is 14.1. The quantitative estimate of drug-likeness (QED) is 0.738. The number of fused-ring (bicyclic) bond motifs is 1. The number of benzene rings is 2. The molecule has 0 saturated heterocycles. The molecule has 0 aliphatic rings. The summed E-state index contributed by atoms with van der Waals surface area (Å²) in [7, 11) is 0. The van der Waals surface area contributed by atoms with Crippen molar-refractivity contribution >= 4 is 16.9 Å². The zero-order chi connectivity index (χ0) is 16.6. The van der Waals surface area contributed by atoms with Crippen LogP contribution < -0.4 is 0 Å². The average Bonchev–Trinajstić information content (AvgIpc) is 2.91. The van der Waals surface area contributed by atoms with Crippen LogP contribution in [0.1, 0.15) is 31.9 Å². The van der Waals surface area contributed by atoms with E-state index in [-0.39, 0.29) is 11.8 Å². The lowest BCUT2D eigenvalue weighted by atomic mass is 9.84. The van der Waals surface area contributed by atoms with Crippen LogP contribution in [0.15, 0.2) is 53.1 Å². The number of rotatable bonds is 3. The predicted octanol–water partition coefficient (Wildman–Crippen LogP) is 5.02. The van der Waals surface area contributed by atoms with Gasteiger partial charge in [-0.3, -0.25) is 4.79 Å². The third-order valence-electron chi connectivity index (χ3n) is 4.04. The Morgan fingerprint density at radius 2 is 1.83 bits per heavy atom. The molecule has 3 heteroatoms. The SMILES string of the molecule is CC(C)(C)c1cc(CC(=O)O)c2occ(-c3ccccc3)c2c1. The van der Waals surface area contributed by atoms with E-state index in [0.717, 1.165) is 27.6 Å². The molecular formula is C20H20O3. The van der Waals surface area contributed by atoms with Crippen LogP contribution in [0.2, 0.25) is 0 Å². The Bertz CT molecular complexity index is 852. The topological polar surface area (TPSA) is 50.4 Å². The Morgan fingerprint density at radius 3 is 2.43 bits per heavy atom. The zero-order valence-corrected chi connectivity index (χ0v) is 13.6. The van der Waals surface area contributed by atoms with Crippen LogP contribution in [0.25, 0.3) is 22.1 Å². The van der Waals surface area contributed by atoms with Crippen LogP contribution in [0.5, 0.6) is 0 Å². The van der Waals surface area contributed by atoms with Gasteiger partial charge in [0.25, 0.3) is 0 Å². The molecule has 23 heavy (non-hydrogen) atoms. The molecule has 0 amide bonds. The fourth-order valence-corrected chi connectivity index (χ4v) is 2.78. The largest absolute Gasteiger partial charge is 0.481 e. The fraction of sp³-hybridized carbons (Fsp3) is 0.250. The molecule has 0 fully saturated rings. The Morgan fingerprint density at radius 1 is 1.13 bits per heavy atom. The number of aliphatic carboxylic acids is 1. The van der Waals surface area contributed by atoms with E-state index in [2.05, 4.69) is 26.8 Å². The van der Waals surface area contributed by atoms with Crippen LogP contribution >= 0.6 is 0 Å². The standard InChI is InChI=1S/C20H20O3/c1-20(2,3)15-9-14(10-18(21)22)19-16(11-15)17(12-23-19)13-7-5-4-6-8-13/h4-9,11-12H,10H2,1-3H3,(H,21,22). The lowest BCUT2D eigenvalue weighted by molar-refractivity contribution is -0.136. The van der Waals surface area contributed by atoms with Crippen LogP contribution in [0, 0.1) is 0 Å². The van der Waals surface area contributed by atoms with Crippen molar-refractivity contribution in [3.8, 4) is 11.1 Å². The van der Waals surface area contributed by atoms with Crippen LogP contribution in [0.3, 0.4) is 0 Å². The lowest BCUT2D eigenvalue weighted by Gasteiger charge is -2.20. The highest BCUT2D eigenvalue weighted by atomic mass is 16.4. The van der Waals surface area contributed by atoms with Crippen molar-refractivity contribution in [1.29, 1.82) is 0 Å². The molecule has 0 aliphatic carbocycles. The fourth-order valence-electron chi connectivity index (χ4n) is 2.78. The molecule has 2 aromatic carbocycles. The van der Waals surface area contributed by atoms with Gasteiger partial charge in [0.15, 0.2) is 0 Å². The van der Waals surface area contributed by atoms with Crippen LogP contribution in [0.4, 0.5) is 0 Å². The van der Waals surface area contributed by atoms with Gasteiger partial charge in [-0.1, -0.05) is 57.2 Å². The first-order chi connectivity index (χ1) is 10.9. The van der Waals surface area contributed by atoms with E-state index in [1.807, 2.05) is 36.4 Å². The minimum Gasteiger partial charge on any atom is -0.481 e. The van der Waals surface area contributed by atoms with E-state index in [9.17, 15) is 9.90 Å². The second-order valence-corrected chi connectivity index (χ2v) is 6.85. The second-order valence-electron chi connectivity index (χ2n) is 6.85. The van der Waals surface area contributed by atoms with E-state index in [0.29, 0.717) is 5.58 Å². The average molecular weight is 308 g/mol. The molecule has 0 atom stereocenters. The number of hydrogen-bond donors (Lipinski definition) is 1. The van der Waals surface area contributed by atoms with E-state index in [1.165, 1.54) is 0 Å². The first-order valence-electron chi connectivity index (χ1n) is 7.68. The van der Waals surface area contributed by atoms with Gasteiger partial charge in [-0.15, -0.1) is 0 Å². The lowest BCUT2D eigenvalue weighted by Crippen LogP contribution is -2.12. The van der Waals surface area contributed by atoms with Crippen molar-refractivity contribution in [2.45, 2.75) is 32.6 Å². The van der Waals surface area contributed by atoms with Gasteiger partial charge in [0.2, 0.25) is 0 Å². The van der Waals surface area contributed by atoms with Crippen molar-refractivity contribution < 1.29 is 14.3 Å². The zero-order valence-electron chi connectivity index (χ0n) is 13.6. The predicted molar refractivity (Wildman–Crippen MR) is 91.7 cm³/mol. The highest BCUT2D eigenvalue weighted by Crippen LogP contribution is 2.36. The molecule has 1 N–H and O–H groups in total.